The number of pyridine rings is 2. The number of carboxylic acids is 1. The summed E-state index contributed by atoms with van der Waals surface area (Å²) >= 11 is 5.74. The first-order valence-electron chi connectivity index (χ1n) is 4.62. The summed E-state index contributed by atoms with van der Waals surface area (Å²) in [6.07, 6.45) is 5.59. The van der Waals surface area contributed by atoms with Gasteiger partial charge in [-0.05, 0) is 6.07 Å². The summed E-state index contributed by atoms with van der Waals surface area (Å²) in [5.41, 5.74) is 0.0278. The first kappa shape index (κ1) is 11.3. The van der Waals surface area contributed by atoms with E-state index in [1.165, 1.54) is 36.9 Å². The van der Waals surface area contributed by atoms with Crippen LogP contribution in [0.5, 0.6) is 11.5 Å². The smallest absolute Gasteiger partial charge is 0.339 e. The summed E-state index contributed by atoms with van der Waals surface area (Å²) in [5, 5.41) is 9.35. The highest BCUT2D eigenvalue weighted by molar-refractivity contribution is 6.30. The highest BCUT2D eigenvalue weighted by Crippen LogP contribution is 2.25. The standard InChI is InChI=1S/C11H7ClN2O3/c12-7-3-8(5-14-4-7)17-10-6-13-2-1-9(10)11(15)16/h1-6H,(H,15,16). The van der Waals surface area contributed by atoms with Gasteiger partial charge in [-0.1, -0.05) is 11.6 Å². The summed E-state index contributed by atoms with van der Waals surface area (Å²) in [7, 11) is 0. The molecule has 0 unspecified atom stereocenters. The molecule has 17 heavy (non-hydrogen) atoms. The van der Waals surface area contributed by atoms with Crippen LogP contribution in [0.15, 0.2) is 36.9 Å². The van der Waals surface area contributed by atoms with Crippen LogP contribution in [0.4, 0.5) is 0 Å². The van der Waals surface area contributed by atoms with E-state index in [9.17, 15) is 4.79 Å². The topological polar surface area (TPSA) is 72.3 Å². The molecule has 2 aromatic rings. The molecule has 0 saturated carbocycles. The van der Waals surface area contributed by atoms with E-state index < -0.39 is 5.97 Å². The van der Waals surface area contributed by atoms with Crippen LogP contribution in [-0.2, 0) is 0 Å². The van der Waals surface area contributed by atoms with E-state index >= 15 is 0 Å². The molecule has 2 aromatic heterocycles. The molecule has 0 aromatic carbocycles. The van der Waals surface area contributed by atoms with E-state index in [0.717, 1.165) is 0 Å². The third-order valence-electron chi connectivity index (χ3n) is 1.92. The summed E-state index contributed by atoms with van der Waals surface area (Å²) < 4.78 is 5.36. The maximum absolute atomic E-state index is 10.9. The first-order chi connectivity index (χ1) is 8.16. The molecule has 0 radical (unpaired) electrons. The highest BCUT2D eigenvalue weighted by atomic mass is 35.5. The van der Waals surface area contributed by atoms with Gasteiger partial charge < -0.3 is 9.84 Å². The Balaban J connectivity index is 2.33. The Hall–Kier alpha value is -2.14. The predicted octanol–water partition coefficient (Wildman–Crippen LogP) is 2.62. The van der Waals surface area contributed by atoms with Gasteiger partial charge in [-0.2, -0.15) is 0 Å². The van der Waals surface area contributed by atoms with Crippen molar-refractivity contribution in [2.45, 2.75) is 0 Å². The van der Waals surface area contributed by atoms with Gasteiger partial charge in [0, 0.05) is 18.5 Å². The second kappa shape index (κ2) is 4.80. The number of hydrogen-bond acceptors (Lipinski definition) is 4. The van der Waals surface area contributed by atoms with Crippen molar-refractivity contribution in [1.82, 2.24) is 9.97 Å². The number of rotatable bonds is 3. The average Bonchev–Trinajstić information content (AvgIpc) is 2.29. The second-order valence-electron chi connectivity index (χ2n) is 3.12. The number of nitrogens with zero attached hydrogens (tertiary/aromatic N) is 2. The lowest BCUT2D eigenvalue weighted by Gasteiger charge is -2.07. The molecule has 5 nitrogen and oxygen atoms in total. The zero-order valence-corrected chi connectivity index (χ0v) is 9.26. The van der Waals surface area contributed by atoms with E-state index in [1.807, 2.05) is 0 Å². The molecular weight excluding hydrogens is 244 g/mol. The molecule has 0 aliphatic carbocycles. The molecule has 2 rings (SSSR count). The summed E-state index contributed by atoms with van der Waals surface area (Å²) in [6, 6.07) is 2.89. The molecule has 0 spiro atoms. The Morgan fingerprint density at radius 1 is 1.29 bits per heavy atom. The summed E-state index contributed by atoms with van der Waals surface area (Å²) in [6.45, 7) is 0. The molecule has 2 heterocycles. The molecule has 0 atom stereocenters. The number of carboxylic acid groups (broad SMARTS) is 1. The van der Waals surface area contributed by atoms with Crippen molar-refractivity contribution in [3.63, 3.8) is 0 Å². The van der Waals surface area contributed by atoms with Crippen LogP contribution in [0, 0.1) is 0 Å². The number of aromatic nitrogens is 2. The Labute approximate surface area is 102 Å². The summed E-state index contributed by atoms with van der Waals surface area (Å²) in [5.74, 6) is -0.588. The van der Waals surface area contributed by atoms with Crippen LogP contribution in [0.25, 0.3) is 0 Å². The van der Waals surface area contributed by atoms with Gasteiger partial charge in [0.15, 0.2) is 5.75 Å². The van der Waals surface area contributed by atoms with E-state index in [4.69, 9.17) is 21.4 Å². The molecular formula is C11H7ClN2O3. The monoisotopic (exact) mass is 250 g/mol. The van der Waals surface area contributed by atoms with Gasteiger partial charge in [-0.15, -0.1) is 0 Å². The van der Waals surface area contributed by atoms with Gasteiger partial charge in [0.1, 0.15) is 11.3 Å². The maximum atomic E-state index is 10.9. The van der Waals surface area contributed by atoms with Crippen molar-refractivity contribution in [2.24, 2.45) is 0 Å². The minimum Gasteiger partial charge on any atom is -0.478 e. The predicted molar refractivity (Wildman–Crippen MR) is 60.5 cm³/mol. The zero-order valence-electron chi connectivity index (χ0n) is 8.50. The van der Waals surface area contributed by atoms with E-state index in [2.05, 4.69) is 9.97 Å². The fourth-order valence-corrected chi connectivity index (χ4v) is 1.38. The van der Waals surface area contributed by atoms with E-state index in [-0.39, 0.29) is 11.3 Å². The van der Waals surface area contributed by atoms with Crippen molar-refractivity contribution in [2.75, 3.05) is 0 Å². The molecule has 0 saturated heterocycles. The third-order valence-corrected chi connectivity index (χ3v) is 2.13. The fraction of sp³-hybridized carbons (Fsp3) is 0. The largest absolute Gasteiger partial charge is 0.478 e. The van der Waals surface area contributed by atoms with Crippen molar-refractivity contribution >= 4 is 17.6 Å². The lowest BCUT2D eigenvalue weighted by Crippen LogP contribution is -2.00. The summed E-state index contributed by atoms with van der Waals surface area (Å²) in [4.78, 5) is 18.6. The third kappa shape index (κ3) is 2.70. The number of halogens is 1. The van der Waals surface area contributed by atoms with Crippen molar-refractivity contribution in [3.8, 4) is 11.5 Å². The second-order valence-corrected chi connectivity index (χ2v) is 3.55. The minimum absolute atomic E-state index is 0.0278. The van der Waals surface area contributed by atoms with E-state index in [1.54, 1.807) is 0 Å². The highest BCUT2D eigenvalue weighted by Gasteiger charge is 2.11. The Bertz CT molecular complexity index is 560. The lowest BCUT2D eigenvalue weighted by molar-refractivity contribution is 0.0694. The average molecular weight is 251 g/mol. The van der Waals surface area contributed by atoms with Gasteiger partial charge >= 0.3 is 5.97 Å². The van der Waals surface area contributed by atoms with Gasteiger partial charge in [0.05, 0.1) is 17.4 Å². The molecule has 6 heteroatoms. The van der Waals surface area contributed by atoms with Crippen molar-refractivity contribution in [3.05, 3.63) is 47.5 Å². The van der Waals surface area contributed by atoms with Gasteiger partial charge in [-0.3, -0.25) is 9.97 Å². The minimum atomic E-state index is -1.09. The zero-order chi connectivity index (χ0) is 12.3. The molecule has 0 fully saturated rings. The number of carbonyl (C=O) groups is 1. The molecule has 0 bridgehead atoms. The fourth-order valence-electron chi connectivity index (χ4n) is 1.21. The molecule has 0 aliphatic rings. The lowest BCUT2D eigenvalue weighted by atomic mass is 10.2. The number of aromatic carboxylic acids is 1. The van der Waals surface area contributed by atoms with Gasteiger partial charge in [0.25, 0.3) is 0 Å². The maximum Gasteiger partial charge on any atom is 0.339 e. The van der Waals surface area contributed by atoms with Crippen LogP contribution >= 0.6 is 11.6 Å². The van der Waals surface area contributed by atoms with Crippen LogP contribution < -0.4 is 4.74 Å². The van der Waals surface area contributed by atoms with Crippen LogP contribution in [0.3, 0.4) is 0 Å². The number of ether oxygens (including phenoxy) is 1. The van der Waals surface area contributed by atoms with Gasteiger partial charge in [0.2, 0.25) is 0 Å². The Morgan fingerprint density at radius 3 is 2.82 bits per heavy atom. The van der Waals surface area contributed by atoms with Crippen molar-refractivity contribution in [1.29, 1.82) is 0 Å². The molecule has 0 amide bonds. The van der Waals surface area contributed by atoms with Crippen LogP contribution in [0.2, 0.25) is 5.02 Å². The Morgan fingerprint density at radius 2 is 2.12 bits per heavy atom. The van der Waals surface area contributed by atoms with Gasteiger partial charge in [-0.25, -0.2) is 4.79 Å². The quantitative estimate of drug-likeness (QED) is 0.907. The first-order valence-corrected chi connectivity index (χ1v) is 5.00. The molecule has 86 valence electrons. The van der Waals surface area contributed by atoms with E-state index in [0.29, 0.717) is 10.8 Å². The van der Waals surface area contributed by atoms with Crippen molar-refractivity contribution < 1.29 is 14.6 Å². The van der Waals surface area contributed by atoms with Crippen LogP contribution in [-0.4, -0.2) is 21.0 Å². The molecule has 1 N–H and O–H groups in total. The number of hydrogen-bond donors (Lipinski definition) is 1. The Kier molecular flexibility index (Phi) is 3.20. The normalized spacial score (nSPS) is 9.94. The molecule has 0 aliphatic heterocycles. The SMILES string of the molecule is O=C(O)c1ccncc1Oc1cncc(Cl)c1. The van der Waals surface area contributed by atoms with Crippen LogP contribution in [0.1, 0.15) is 10.4 Å².